The highest BCUT2D eigenvalue weighted by Crippen LogP contribution is 2.23. The maximum atomic E-state index is 11.1. The minimum Gasteiger partial charge on any atom is -0.478 e. The van der Waals surface area contributed by atoms with Crippen LogP contribution in [0.25, 0.3) is 0 Å². The summed E-state index contributed by atoms with van der Waals surface area (Å²) < 4.78 is 0. The van der Waals surface area contributed by atoms with E-state index in [-0.39, 0.29) is 16.5 Å². The van der Waals surface area contributed by atoms with Gasteiger partial charge in [0.1, 0.15) is 5.82 Å². The number of rotatable bonds is 5. The highest BCUT2D eigenvalue weighted by atomic mass is 35.5. The average Bonchev–Trinajstić information content (AvgIpc) is 2.35. The number of carboxylic acid groups (broad SMARTS) is 1. The van der Waals surface area contributed by atoms with Crippen LogP contribution in [0.2, 0.25) is 5.02 Å². The van der Waals surface area contributed by atoms with Gasteiger partial charge in [0.15, 0.2) is 0 Å². The Labute approximate surface area is 110 Å². The number of carboxylic acids is 1. The molecule has 0 unspecified atom stereocenters. The lowest BCUT2D eigenvalue weighted by atomic mass is 10.3. The van der Waals surface area contributed by atoms with Gasteiger partial charge >= 0.3 is 5.97 Å². The fourth-order valence-electron chi connectivity index (χ4n) is 1.33. The van der Waals surface area contributed by atoms with Gasteiger partial charge in [-0.25, -0.2) is 9.78 Å². The van der Waals surface area contributed by atoms with E-state index < -0.39 is 5.97 Å². The molecule has 0 aromatic carbocycles. The van der Waals surface area contributed by atoms with Crippen LogP contribution < -0.4 is 10.2 Å². The van der Waals surface area contributed by atoms with Gasteiger partial charge in [-0.2, -0.15) is 0 Å². The molecule has 0 saturated carbocycles. The van der Waals surface area contributed by atoms with Crippen molar-refractivity contribution in [1.29, 1.82) is 0 Å². The van der Waals surface area contributed by atoms with E-state index in [0.29, 0.717) is 18.8 Å². The molecular formula is C11H14ClN3O3. The van der Waals surface area contributed by atoms with Crippen molar-refractivity contribution in [3.05, 3.63) is 22.8 Å². The molecule has 7 heteroatoms. The zero-order valence-corrected chi connectivity index (χ0v) is 10.9. The molecule has 6 nitrogen and oxygen atoms in total. The molecule has 0 aliphatic carbocycles. The maximum Gasteiger partial charge on any atom is 0.337 e. The maximum absolute atomic E-state index is 11.1. The summed E-state index contributed by atoms with van der Waals surface area (Å²) in [7, 11) is 3.30. The summed E-state index contributed by atoms with van der Waals surface area (Å²) in [5, 5.41) is 11.5. The van der Waals surface area contributed by atoms with Crippen LogP contribution in [0.5, 0.6) is 0 Å². The van der Waals surface area contributed by atoms with Crippen molar-refractivity contribution < 1.29 is 14.7 Å². The Morgan fingerprint density at radius 2 is 2.22 bits per heavy atom. The zero-order valence-electron chi connectivity index (χ0n) is 10.1. The molecule has 18 heavy (non-hydrogen) atoms. The van der Waals surface area contributed by atoms with Crippen LogP contribution in [0.4, 0.5) is 5.82 Å². The van der Waals surface area contributed by atoms with Gasteiger partial charge in [-0.15, -0.1) is 0 Å². The van der Waals surface area contributed by atoms with Gasteiger partial charge in [0, 0.05) is 33.3 Å². The van der Waals surface area contributed by atoms with Crippen LogP contribution in [-0.2, 0) is 4.79 Å². The second-order valence-electron chi connectivity index (χ2n) is 3.68. The minimum absolute atomic E-state index is 0.0310. The molecule has 1 rings (SSSR count). The normalized spacial score (nSPS) is 9.94. The quantitative estimate of drug-likeness (QED) is 0.835. The summed E-state index contributed by atoms with van der Waals surface area (Å²) in [6, 6.07) is 1.34. The molecule has 0 atom stereocenters. The number of nitrogens with one attached hydrogen (secondary N) is 1. The highest BCUT2D eigenvalue weighted by molar-refractivity contribution is 6.33. The van der Waals surface area contributed by atoms with Crippen LogP contribution in [0.3, 0.4) is 0 Å². The molecule has 0 fully saturated rings. The molecular weight excluding hydrogens is 258 g/mol. The third-order valence-electron chi connectivity index (χ3n) is 2.38. The van der Waals surface area contributed by atoms with E-state index in [2.05, 4.69) is 10.3 Å². The third kappa shape index (κ3) is 3.59. The predicted molar refractivity (Wildman–Crippen MR) is 68.2 cm³/mol. The van der Waals surface area contributed by atoms with E-state index >= 15 is 0 Å². The lowest BCUT2D eigenvalue weighted by Gasteiger charge is -2.18. The van der Waals surface area contributed by atoms with Gasteiger partial charge in [0.05, 0.1) is 10.6 Å². The first-order valence-electron chi connectivity index (χ1n) is 5.26. The van der Waals surface area contributed by atoms with Crippen molar-refractivity contribution in [3.8, 4) is 0 Å². The SMILES string of the molecule is CNC(=O)CCN(C)c1ncc(C(=O)O)cc1Cl. The fourth-order valence-corrected chi connectivity index (χ4v) is 1.64. The summed E-state index contributed by atoms with van der Waals surface area (Å²) in [4.78, 5) is 27.5. The van der Waals surface area contributed by atoms with Crippen molar-refractivity contribution in [2.45, 2.75) is 6.42 Å². The molecule has 0 spiro atoms. The summed E-state index contributed by atoms with van der Waals surface area (Å²) in [5.74, 6) is -0.713. The van der Waals surface area contributed by atoms with Crippen molar-refractivity contribution in [3.63, 3.8) is 0 Å². The largest absolute Gasteiger partial charge is 0.478 e. The Morgan fingerprint density at radius 3 is 2.72 bits per heavy atom. The molecule has 1 amide bonds. The summed E-state index contributed by atoms with van der Waals surface area (Å²) >= 11 is 5.95. The van der Waals surface area contributed by atoms with E-state index in [1.54, 1.807) is 19.0 Å². The van der Waals surface area contributed by atoms with Crippen LogP contribution in [0.15, 0.2) is 12.3 Å². The number of carbonyl (C=O) groups is 2. The fraction of sp³-hybridized carbons (Fsp3) is 0.364. The van der Waals surface area contributed by atoms with Gasteiger partial charge in [-0.05, 0) is 6.07 Å². The first-order valence-corrected chi connectivity index (χ1v) is 5.64. The Balaban J connectivity index is 2.77. The predicted octanol–water partition coefficient (Wildman–Crippen LogP) is 1.01. The van der Waals surface area contributed by atoms with Crippen LogP contribution in [0.1, 0.15) is 16.8 Å². The second-order valence-corrected chi connectivity index (χ2v) is 4.09. The first-order chi connectivity index (χ1) is 8.45. The zero-order chi connectivity index (χ0) is 13.7. The standard InChI is InChI=1S/C11H14ClN3O3/c1-13-9(16)3-4-15(2)10-8(12)5-7(6-14-10)11(17)18/h5-6H,3-4H2,1-2H3,(H,13,16)(H,17,18). The molecule has 0 aliphatic heterocycles. The third-order valence-corrected chi connectivity index (χ3v) is 2.66. The van der Waals surface area contributed by atoms with E-state index in [4.69, 9.17) is 16.7 Å². The Kier molecular flexibility index (Phi) is 4.91. The van der Waals surface area contributed by atoms with Crippen molar-refractivity contribution in [2.24, 2.45) is 0 Å². The number of anilines is 1. The number of nitrogens with zero attached hydrogens (tertiary/aromatic N) is 2. The lowest BCUT2D eigenvalue weighted by Crippen LogP contribution is -2.27. The van der Waals surface area contributed by atoms with Crippen molar-refractivity contribution in [2.75, 3.05) is 25.5 Å². The summed E-state index contributed by atoms with van der Waals surface area (Å²) in [5.41, 5.74) is 0.0310. The van der Waals surface area contributed by atoms with Gasteiger partial charge in [-0.1, -0.05) is 11.6 Å². The van der Waals surface area contributed by atoms with E-state index in [1.165, 1.54) is 12.3 Å². The second kappa shape index (κ2) is 6.20. The molecule has 98 valence electrons. The molecule has 0 bridgehead atoms. The van der Waals surface area contributed by atoms with E-state index in [9.17, 15) is 9.59 Å². The average molecular weight is 272 g/mol. The number of amides is 1. The molecule has 1 heterocycles. The van der Waals surface area contributed by atoms with Gasteiger partial charge in [-0.3, -0.25) is 4.79 Å². The van der Waals surface area contributed by atoms with Crippen LogP contribution in [-0.4, -0.2) is 42.6 Å². The molecule has 2 N–H and O–H groups in total. The number of hydrogen-bond donors (Lipinski definition) is 2. The molecule has 1 aromatic rings. The lowest BCUT2D eigenvalue weighted by molar-refractivity contribution is -0.120. The number of hydrogen-bond acceptors (Lipinski definition) is 4. The molecule has 0 saturated heterocycles. The van der Waals surface area contributed by atoms with Crippen molar-refractivity contribution in [1.82, 2.24) is 10.3 Å². The highest BCUT2D eigenvalue weighted by Gasteiger charge is 2.12. The first kappa shape index (κ1) is 14.2. The van der Waals surface area contributed by atoms with Gasteiger partial charge in [0.2, 0.25) is 5.91 Å². The topological polar surface area (TPSA) is 82.5 Å². The van der Waals surface area contributed by atoms with E-state index in [0.717, 1.165) is 0 Å². The number of carbonyl (C=O) groups excluding carboxylic acids is 1. The van der Waals surface area contributed by atoms with Gasteiger partial charge < -0.3 is 15.3 Å². The number of halogens is 1. The Hall–Kier alpha value is -1.82. The monoisotopic (exact) mass is 271 g/mol. The smallest absolute Gasteiger partial charge is 0.337 e. The number of aromatic nitrogens is 1. The van der Waals surface area contributed by atoms with Crippen molar-refractivity contribution >= 4 is 29.3 Å². The molecule has 1 aromatic heterocycles. The Bertz CT molecular complexity index is 465. The summed E-state index contributed by atoms with van der Waals surface area (Å²) in [6.45, 7) is 0.443. The summed E-state index contributed by atoms with van der Waals surface area (Å²) in [6.07, 6.45) is 1.55. The van der Waals surface area contributed by atoms with Crippen LogP contribution >= 0.6 is 11.6 Å². The van der Waals surface area contributed by atoms with Crippen LogP contribution in [0, 0.1) is 0 Å². The number of aromatic carboxylic acids is 1. The van der Waals surface area contributed by atoms with E-state index in [1.807, 2.05) is 0 Å². The molecule has 0 aliphatic rings. The van der Waals surface area contributed by atoms with Gasteiger partial charge in [0.25, 0.3) is 0 Å². The Morgan fingerprint density at radius 1 is 1.56 bits per heavy atom. The molecule has 0 radical (unpaired) electrons. The minimum atomic E-state index is -1.08. The number of pyridine rings is 1.